The summed E-state index contributed by atoms with van der Waals surface area (Å²) in [5.74, 6) is 1.45. The predicted octanol–water partition coefficient (Wildman–Crippen LogP) is 1.55. The number of carbonyl (C=O) groups is 1. The van der Waals surface area contributed by atoms with Crippen LogP contribution in [0.15, 0.2) is 41.6 Å². The topological polar surface area (TPSA) is 84.7 Å². The Labute approximate surface area is 165 Å². The fourth-order valence-corrected chi connectivity index (χ4v) is 4.82. The SMILES string of the molecule is CCc1nccn1[C@H](C)C(=O)N1CCN(S(=O)(=O)c2ccc(OC)cc2)CC1. The van der Waals surface area contributed by atoms with Crippen LogP contribution in [0.25, 0.3) is 0 Å². The molecule has 1 aromatic heterocycles. The Morgan fingerprint density at radius 3 is 2.39 bits per heavy atom. The van der Waals surface area contributed by atoms with Crippen LogP contribution in [-0.2, 0) is 21.2 Å². The molecule has 1 fully saturated rings. The molecule has 1 aliphatic rings. The number of ether oxygens (including phenoxy) is 1. The molecule has 8 nitrogen and oxygen atoms in total. The minimum Gasteiger partial charge on any atom is -0.497 e. The summed E-state index contributed by atoms with van der Waals surface area (Å²) in [6.07, 6.45) is 4.26. The lowest BCUT2D eigenvalue weighted by atomic mass is 10.2. The summed E-state index contributed by atoms with van der Waals surface area (Å²) in [4.78, 5) is 19.1. The second-order valence-corrected chi connectivity index (χ2v) is 8.62. The Kier molecular flexibility index (Phi) is 6.04. The minimum atomic E-state index is -3.59. The second-order valence-electron chi connectivity index (χ2n) is 6.69. The fraction of sp³-hybridized carbons (Fsp3) is 0.474. The molecule has 2 heterocycles. The van der Waals surface area contributed by atoms with E-state index < -0.39 is 10.0 Å². The maximum Gasteiger partial charge on any atom is 0.245 e. The highest BCUT2D eigenvalue weighted by Gasteiger charge is 2.32. The van der Waals surface area contributed by atoms with Crippen molar-refractivity contribution in [1.82, 2.24) is 18.8 Å². The summed E-state index contributed by atoms with van der Waals surface area (Å²) in [5, 5.41) is 0. The highest BCUT2D eigenvalue weighted by atomic mass is 32.2. The number of amides is 1. The predicted molar refractivity (Wildman–Crippen MR) is 105 cm³/mol. The zero-order valence-corrected chi connectivity index (χ0v) is 17.2. The number of sulfonamides is 1. The summed E-state index contributed by atoms with van der Waals surface area (Å²) in [6, 6.07) is 5.98. The smallest absolute Gasteiger partial charge is 0.245 e. The monoisotopic (exact) mass is 406 g/mol. The first kappa shape index (κ1) is 20.3. The molecule has 1 amide bonds. The van der Waals surface area contributed by atoms with Gasteiger partial charge in [0.1, 0.15) is 17.6 Å². The number of carbonyl (C=O) groups excluding carboxylic acids is 1. The molecule has 0 bridgehead atoms. The molecular weight excluding hydrogens is 380 g/mol. The first-order valence-electron chi connectivity index (χ1n) is 9.33. The van der Waals surface area contributed by atoms with Crippen molar-refractivity contribution in [3.05, 3.63) is 42.5 Å². The zero-order valence-electron chi connectivity index (χ0n) is 16.4. The average Bonchev–Trinajstić information content (AvgIpc) is 3.21. The van der Waals surface area contributed by atoms with Crippen molar-refractivity contribution >= 4 is 15.9 Å². The molecule has 2 aromatic rings. The summed E-state index contributed by atoms with van der Waals surface area (Å²) in [7, 11) is -2.05. The van der Waals surface area contributed by atoms with Crippen LogP contribution in [0, 0.1) is 0 Å². The number of piperazine rings is 1. The largest absolute Gasteiger partial charge is 0.497 e. The van der Waals surface area contributed by atoms with Crippen LogP contribution in [0.1, 0.15) is 25.7 Å². The number of imidazole rings is 1. The Balaban J connectivity index is 1.65. The van der Waals surface area contributed by atoms with Gasteiger partial charge in [0.2, 0.25) is 15.9 Å². The maximum absolute atomic E-state index is 12.9. The molecule has 0 N–H and O–H groups in total. The average molecular weight is 407 g/mol. The number of aromatic nitrogens is 2. The van der Waals surface area contributed by atoms with E-state index in [2.05, 4.69) is 4.98 Å². The van der Waals surface area contributed by atoms with E-state index in [0.717, 1.165) is 12.2 Å². The molecule has 3 rings (SSSR count). The van der Waals surface area contributed by atoms with Crippen molar-refractivity contribution in [3.8, 4) is 5.75 Å². The van der Waals surface area contributed by atoms with Crippen molar-refractivity contribution < 1.29 is 17.9 Å². The minimum absolute atomic E-state index is 0.0193. The molecule has 1 saturated heterocycles. The summed E-state index contributed by atoms with van der Waals surface area (Å²) in [5.41, 5.74) is 0. The van der Waals surface area contributed by atoms with E-state index >= 15 is 0 Å². The van der Waals surface area contributed by atoms with Crippen LogP contribution >= 0.6 is 0 Å². The van der Waals surface area contributed by atoms with Gasteiger partial charge in [-0.1, -0.05) is 6.92 Å². The summed E-state index contributed by atoms with van der Waals surface area (Å²) in [6.45, 7) is 5.14. The third-order valence-electron chi connectivity index (χ3n) is 5.09. The van der Waals surface area contributed by atoms with Gasteiger partial charge in [-0.3, -0.25) is 4.79 Å². The molecule has 1 aliphatic heterocycles. The molecule has 0 unspecified atom stereocenters. The Morgan fingerprint density at radius 1 is 1.18 bits per heavy atom. The molecule has 1 aromatic carbocycles. The van der Waals surface area contributed by atoms with E-state index in [9.17, 15) is 13.2 Å². The molecule has 0 radical (unpaired) electrons. The molecule has 0 saturated carbocycles. The Hall–Kier alpha value is -2.39. The first-order chi connectivity index (χ1) is 13.4. The lowest BCUT2D eigenvalue weighted by molar-refractivity contribution is -0.135. The lowest BCUT2D eigenvalue weighted by Crippen LogP contribution is -2.51. The van der Waals surface area contributed by atoms with E-state index in [1.807, 2.05) is 24.6 Å². The van der Waals surface area contributed by atoms with E-state index in [1.54, 1.807) is 35.4 Å². The van der Waals surface area contributed by atoms with Crippen molar-refractivity contribution in [2.24, 2.45) is 0 Å². The summed E-state index contributed by atoms with van der Waals surface area (Å²) >= 11 is 0. The van der Waals surface area contributed by atoms with E-state index in [4.69, 9.17) is 4.74 Å². The van der Waals surface area contributed by atoms with Gasteiger partial charge in [0.05, 0.1) is 12.0 Å². The molecule has 9 heteroatoms. The van der Waals surface area contributed by atoms with Crippen LogP contribution in [0.3, 0.4) is 0 Å². The highest BCUT2D eigenvalue weighted by Crippen LogP contribution is 2.22. The molecule has 0 aliphatic carbocycles. The van der Waals surface area contributed by atoms with Gasteiger partial charge < -0.3 is 14.2 Å². The van der Waals surface area contributed by atoms with E-state index in [0.29, 0.717) is 18.8 Å². The van der Waals surface area contributed by atoms with Gasteiger partial charge in [-0.05, 0) is 31.2 Å². The third-order valence-corrected chi connectivity index (χ3v) is 7.00. The van der Waals surface area contributed by atoms with Crippen LogP contribution in [0.4, 0.5) is 0 Å². The number of hydrogen-bond donors (Lipinski definition) is 0. The standard InChI is InChI=1S/C19H26N4O4S/c1-4-18-20-9-10-23(18)15(2)19(24)21-11-13-22(14-12-21)28(25,26)17-7-5-16(27-3)6-8-17/h5-10,15H,4,11-14H2,1-3H3/t15-/m1/s1. The number of rotatable bonds is 6. The van der Waals surface area contributed by atoms with Crippen molar-refractivity contribution in [3.63, 3.8) is 0 Å². The normalized spacial score (nSPS) is 16.8. The number of benzene rings is 1. The molecule has 0 spiro atoms. The van der Waals surface area contributed by atoms with Gasteiger partial charge in [-0.2, -0.15) is 4.31 Å². The van der Waals surface area contributed by atoms with Crippen molar-refractivity contribution in [2.75, 3.05) is 33.3 Å². The van der Waals surface area contributed by atoms with Gasteiger partial charge in [0.15, 0.2) is 0 Å². The highest BCUT2D eigenvalue weighted by molar-refractivity contribution is 7.89. The Bertz CT molecular complexity index is 916. The number of aryl methyl sites for hydroxylation is 1. The quantitative estimate of drug-likeness (QED) is 0.727. The summed E-state index contributed by atoms with van der Waals surface area (Å²) < 4.78 is 34.1. The number of nitrogens with zero attached hydrogens (tertiary/aromatic N) is 4. The zero-order chi connectivity index (χ0) is 20.3. The van der Waals surface area contributed by atoms with Gasteiger partial charge >= 0.3 is 0 Å². The van der Waals surface area contributed by atoms with E-state index in [1.165, 1.54) is 11.4 Å². The van der Waals surface area contributed by atoms with Crippen molar-refractivity contribution in [2.45, 2.75) is 31.2 Å². The Morgan fingerprint density at radius 2 is 1.82 bits per heavy atom. The second kappa shape index (κ2) is 8.32. The van der Waals surface area contributed by atoms with E-state index in [-0.39, 0.29) is 29.9 Å². The van der Waals surface area contributed by atoms with Crippen molar-refractivity contribution in [1.29, 1.82) is 0 Å². The first-order valence-corrected chi connectivity index (χ1v) is 10.8. The van der Waals surface area contributed by atoms with Gasteiger partial charge in [-0.25, -0.2) is 13.4 Å². The molecule has 152 valence electrons. The van der Waals surface area contributed by atoms with Crippen LogP contribution in [-0.4, -0.2) is 66.4 Å². The fourth-order valence-electron chi connectivity index (χ4n) is 3.40. The van der Waals surface area contributed by atoms with Gasteiger partial charge in [0, 0.05) is 45.0 Å². The van der Waals surface area contributed by atoms with Crippen LogP contribution in [0.5, 0.6) is 5.75 Å². The van der Waals surface area contributed by atoms with Crippen LogP contribution < -0.4 is 4.74 Å². The lowest BCUT2D eigenvalue weighted by Gasteiger charge is -2.35. The third kappa shape index (κ3) is 3.90. The maximum atomic E-state index is 12.9. The molecule has 1 atom stereocenters. The molecule has 28 heavy (non-hydrogen) atoms. The number of methoxy groups -OCH3 is 1. The van der Waals surface area contributed by atoms with Crippen LogP contribution in [0.2, 0.25) is 0 Å². The van der Waals surface area contributed by atoms with Gasteiger partial charge in [0.25, 0.3) is 0 Å². The van der Waals surface area contributed by atoms with Gasteiger partial charge in [-0.15, -0.1) is 0 Å². The number of hydrogen-bond acceptors (Lipinski definition) is 5. The molecular formula is C19H26N4O4S.